The highest BCUT2D eigenvalue weighted by Crippen LogP contribution is 2.24. The molecule has 0 aliphatic heterocycles. The number of nitrogens with zero attached hydrogens (tertiary/aromatic N) is 2. The van der Waals surface area contributed by atoms with Gasteiger partial charge in [-0.1, -0.05) is 36.4 Å². The van der Waals surface area contributed by atoms with E-state index >= 15 is 0 Å². The maximum Gasteiger partial charge on any atom is 0.316 e. The van der Waals surface area contributed by atoms with Gasteiger partial charge in [0.15, 0.2) is 4.90 Å². The lowest BCUT2D eigenvalue weighted by atomic mass is 10.2. The van der Waals surface area contributed by atoms with E-state index < -0.39 is 16.7 Å². The van der Waals surface area contributed by atoms with E-state index in [1.807, 2.05) is 60.0 Å². The second-order valence-corrected chi connectivity index (χ2v) is 7.49. The van der Waals surface area contributed by atoms with Gasteiger partial charge in [0.25, 0.3) is 0 Å². The maximum absolute atomic E-state index is 12.2. The van der Waals surface area contributed by atoms with Crippen molar-refractivity contribution in [2.75, 3.05) is 18.7 Å². The first kappa shape index (κ1) is 19.0. The van der Waals surface area contributed by atoms with Crippen molar-refractivity contribution in [1.82, 2.24) is 9.55 Å². The molecular formula is C20H21N3O3S. The van der Waals surface area contributed by atoms with Gasteiger partial charge in [-0.05, 0) is 35.3 Å². The third kappa shape index (κ3) is 4.50. The van der Waals surface area contributed by atoms with E-state index in [2.05, 4.69) is 10.3 Å². The molecule has 1 heterocycles. The molecule has 0 bridgehead atoms. The topological polar surface area (TPSA) is 79.2 Å². The molecule has 3 aromatic rings. The molecule has 6 nitrogen and oxygen atoms in total. The number of aryl methyl sites for hydroxylation is 1. The lowest BCUT2D eigenvalue weighted by Gasteiger charge is -2.17. The molecule has 0 aliphatic rings. The first-order valence-electron chi connectivity index (χ1n) is 8.38. The second-order valence-electron chi connectivity index (χ2n) is 6.11. The van der Waals surface area contributed by atoms with Crippen LogP contribution in [0.3, 0.4) is 0 Å². The van der Waals surface area contributed by atoms with E-state index in [9.17, 15) is 9.35 Å². The van der Waals surface area contributed by atoms with Gasteiger partial charge in [-0.2, -0.15) is 4.98 Å². The van der Waals surface area contributed by atoms with Crippen LogP contribution in [0.15, 0.2) is 64.4 Å². The van der Waals surface area contributed by atoms with Crippen molar-refractivity contribution in [3.63, 3.8) is 0 Å². The Kier molecular flexibility index (Phi) is 5.83. The predicted octanol–water partition coefficient (Wildman–Crippen LogP) is 3.09. The molecule has 27 heavy (non-hydrogen) atoms. The van der Waals surface area contributed by atoms with Crippen LogP contribution in [-0.4, -0.2) is 27.5 Å². The molecule has 0 fully saturated rings. The van der Waals surface area contributed by atoms with Crippen molar-refractivity contribution in [2.24, 2.45) is 0 Å². The molecule has 1 N–H and O–H groups in total. The zero-order valence-corrected chi connectivity index (χ0v) is 16.2. The SMILES string of the molecule is COc1cn(Cc2ccccc2)c(Nc2cc([S+](C)[O-])ccc2C)nc1=O. The minimum absolute atomic E-state index is 0.177. The normalized spacial score (nSPS) is 11.9. The van der Waals surface area contributed by atoms with Gasteiger partial charge in [0.1, 0.15) is 6.26 Å². The predicted molar refractivity (Wildman–Crippen MR) is 107 cm³/mol. The summed E-state index contributed by atoms with van der Waals surface area (Å²) >= 11 is -1.10. The molecule has 1 atom stereocenters. The van der Waals surface area contributed by atoms with Crippen LogP contribution in [0.1, 0.15) is 11.1 Å². The number of benzene rings is 2. The fourth-order valence-corrected chi connectivity index (χ4v) is 3.19. The summed E-state index contributed by atoms with van der Waals surface area (Å²) in [6, 6.07) is 15.4. The van der Waals surface area contributed by atoms with Gasteiger partial charge in [-0.15, -0.1) is 0 Å². The molecule has 3 rings (SSSR count). The maximum atomic E-state index is 12.2. The van der Waals surface area contributed by atoms with Crippen LogP contribution < -0.4 is 15.6 Å². The molecule has 1 aromatic heterocycles. The summed E-state index contributed by atoms with van der Waals surface area (Å²) in [6.07, 6.45) is 3.27. The number of nitrogens with one attached hydrogen (secondary N) is 1. The lowest BCUT2D eigenvalue weighted by Crippen LogP contribution is -2.19. The largest absolute Gasteiger partial charge is 0.612 e. The van der Waals surface area contributed by atoms with Gasteiger partial charge in [0.2, 0.25) is 11.7 Å². The zero-order valence-electron chi connectivity index (χ0n) is 15.4. The van der Waals surface area contributed by atoms with Crippen molar-refractivity contribution >= 4 is 22.8 Å². The fourth-order valence-electron chi connectivity index (χ4n) is 2.65. The van der Waals surface area contributed by atoms with E-state index in [0.29, 0.717) is 17.4 Å². The summed E-state index contributed by atoms with van der Waals surface area (Å²) in [5.74, 6) is 0.573. The molecule has 0 aliphatic carbocycles. The Morgan fingerprint density at radius 2 is 1.96 bits per heavy atom. The third-order valence-corrected chi connectivity index (χ3v) is 5.08. The Balaban J connectivity index is 2.03. The Morgan fingerprint density at radius 1 is 1.22 bits per heavy atom. The number of rotatable bonds is 6. The van der Waals surface area contributed by atoms with Gasteiger partial charge in [-0.3, -0.25) is 4.79 Å². The van der Waals surface area contributed by atoms with Gasteiger partial charge in [0.05, 0.1) is 19.9 Å². The Morgan fingerprint density at radius 3 is 2.63 bits per heavy atom. The average Bonchev–Trinajstić information content (AvgIpc) is 2.66. The fraction of sp³-hybridized carbons (Fsp3) is 0.200. The van der Waals surface area contributed by atoms with E-state index in [1.165, 1.54) is 7.11 Å². The molecule has 0 saturated carbocycles. The van der Waals surface area contributed by atoms with Crippen molar-refractivity contribution in [1.29, 1.82) is 0 Å². The molecule has 0 saturated heterocycles. The lowest BCUT2D eigenvalue weighted by molar-refractivity contribution is 0.402. The number of aromatic nitrogens is 2. The summed E-state index contributed by atoms with van der Waals surface area (Å²) in [4.78, 5) is 17.0. The quantitative estimate of drug-likeness (QED) is 0.662. The monoisotopic (exact) mass is 383 g/mol. The average molecular weight is 383 g/mol. The first-order valence-corrected chi connectivity index (χ1v) is 9.94. The van der Waals surface area contributed by atoms with E-state index in [4.69, 9.17) is 4.74 Å². The third-order valence-electron chi connectivity index (χ3n) is 4.17. The number of methoxy groups -OCH3 is 1. The minimum Gasteiger partial charge on any atom is -0.612 e. The van der Waals surface area contributed by atoms with Crippen molar-refractivity contribution in [3.8, 4) is 5.75 Å². The number of ether oxygens (including phenoxy) is 1. The van der Waals surface area contributed by atoms with E-state index in [-0.39, 0.29) is 5.75 Å². The molecule has 0 radical (unpaired) electrons. The molecule has 0 amide bonds. The van der Waals surface area contributed by atoms with Gasteiger partial charge in [-0.25, -0.2) is 0 Å². The summed E-state index contributed by atoms with van der Waals surface area (Å²) in [7, 11) is 1.45. The summed E-state index contributed by atoms with van der Waals surface area (Å²) in [5, 5.41) is 3.21. The first-order chi connectivity index (χ1) is 13.0. The van der Waals surface area contributed by atoms with Crippen LogP contribution >= 0.6 is 0 Å². The second kappa shape index (κ2) is 8.28. The van der Waals surface area contributed by atoms with Crippen molar-refractivity contribution in [2.45, 2.75) is 18.4 Å². The van der Waals surface area contributed by atoms with Gasteiger partial charge < -0.3 is 19.2 Å². The summed E-state index contributed by atoms with van der Waals surface area (Å²) < 4.78 is 18.8. The van der Waals surface area contributed by atoms with Crippen LogP contribution in [0, 0.1) is 6.92 Å². The Bertz CT molecular complexity index is 988. The molecular weight excluding hydrogens is 362 g/mol. The standard InChI is InChI=1S/C20H21N3O3S/c1-14-9-10-16(27(3)25)11-17(14)21-20-22-19(24)18(26-2)13-23(20)12-15-7-5-4-6-8-15/h4-11,13H,12H2,1-3H3,(H,21,22,24). The smallest absolute Gasteiger partial charge is 0.316 e. The molecule has 1 unspecified atom stereocenters. The summed E-state index contributed by atoms with van der Waals surface area (Å²) in [6.45, 7) is 2.46. The minimum atomic E-state index is -1.10. The van der Waals surface area contributed by atoms with Crippen molar-refractivity contribution in [3.05, 3.63) is 76.2 Å². The Labute approximate surface area is 161 Å². The zero-order chi connectivity index (χ0) is 19.4. The van der Waals surface area contributed by atoms with E-state index in [0.717, 1.165) is 16.8 Å². The highest BCUT2D eigenvalue weighted by atomic mass is 32.2. The number of hydrogen-bond donors (Lipinski definition) is 1. The molecule has 140 valence electrons. The molecule has 0 spiro atoms. The van der Waals surface area contributed by atoms with Crippen LogP contribution in [0.2, 0.25) is 0 Å². The van der Waals surface area contributed by atoms with E-state index in [1.54, 1.807) is 12.5 Å². The molecule has 7 heteroatoms. The van der Waals surface area contributed by atoms with Crippen LogP contribution in [0.4, 0.5) is 11.6 Å². The molecule has 2 aromatic carbocycles. The Hall–Kier alpha value is -2.77. The van der Waals surface area contributed by atoms with Gasteiger partial charge >= 0.3 is 5.56 Å². The number of hydrogen-bond acceptors (Lipinski definition) is 5. The van der Waals surface area contributed by atoms with Crippen molar-refractivity contribution < 1.29 is 9.29 Å². The number of anilines is 2. The highest BCUT2D eigenvalue weighted by molar-refractivity contribution is 7.90. The summed E-state index contributed by atoms with van der Waals surface area (Å²) in [5.41, 5.74) is 2.33. The highest BCUT2D eigenvalue weighted by Gasteiger charge is 2.13. The van der Waals surface area contributed by atoms with Crippen LogP contribution in [0.25, 0.3) is 0 Å². The van der Waals surface area contributed by atoms with Crippen LogP contribution in [0.5, 0.6) is 5.75 Å². The van der Waals surface area contributed by atoms with Gasteiger partial charge in [0, 0.05) is 11.8 Å². The van der Waals surface area contributed by atoms with Crippen LogP contribution in [-0.2, 0) is 17.7 Å².